The van der Waals surface area contributed by atoms with Gasteiger partial charge in [-0.05, 0) is 24.3 Å². The molecule has 2 nitrogen and oxygen atoms in total. The molecule has 0 spiro atoms. The lowest BCUT2D eigenvalue weighted by Gasteiger charge is -2.11. The predicted octanol–water partition coefficient (Wildman–Crippen LogP) is 4.53. The fraction of sp³-hybridized carbons (Fsp3) is 0.0833. The first-order valence-corrected chi connectivity index (χ1v) is 6.21. The molecule has 0 N–H and O–H groups in total. The van der Waals surface area contributed by atoms with Crippen LogP contribution < -0.4 is 4.74 Å². The number of halogens is 4. The highest BCUT2D eigenvalue weighted by atomic mass is 35.5. The van der Waals surface area contributed by atoms with Crippen molar-refractivity contribution in [1.82, 2.24) is 0 Å². The van der Waals surface area contributed by atoms with E-state index in [0.717, 1.165) is 17.4 Å². The molecule has 0 aliphatic rings. The molecule has 1 aromatic carbocycles. The second-order valence-corrected chi connectivity index (χ2v) is 5.19. The summed E-state index contributed by atoms with van der Waals surface area (Å²) in [5.74, 6) is -1.08. The van der Waals surface area contributed by atoms with Crippen molar-refractivity contribution in [2.24, 2.45) is 0 Å². The van der Waals surface area contributed by atoms with Gasteiger partial charge in [0.05, 0.1) is 14.8 Å². The maximum Gasteiger partial charge on any atom is 0.573 e. The number of ether oxygens (including phenoxy) is 1. The third-order valence-corrected chi connectivity index (χ3v) is 3.38. The molecule has 100 valence electrons. The van der Waals surface area contributed by atoms with Crippen LogP contribution in [0.1, 0.15) is 15.2 Å². The highest BCUT2D eigenvalue weighted by Gasteiger charge is 2.33. The number of carbonyl (C=O) groups is 1. The lowest BCUT2D eigenvalue weighted by molar-refractivity contribution is -0.274. The number of rotatable bonds is 3. The minimum atomic E-state index is -4.84. The van der Waals surface area contributed by atoms with E-state index in [2.05, 4.69) is 4.74 Å². The van der Waals surface area contributed by atoms with Gasteiger partial charge < -0.3 is 4.74 Å². The van der Waals surface area contributed by atoms with E-state index in [9.17, 15) is 18.0 Å². The number of hydrogen-bond donors (Lipinski definition) is 0. The largest absolute Gasteiger partial charge is 0.573 e. The number of benzene rings is 1. The average molecular weight is 307 g/mol. The monoisotopic (exact) mass is 306 g/mol. The molecule has 19 heavy (non-hydrogen) atoms. The second-order valence-electron chi connectivity index (χ2n) is 3.48. The van der Waals surface area contributed by atoms with Gasteiger partial charge in [-0.1, -0.05) is 23.7 Å². The first kappa shape index (κ1) is 13.9. The molecule has 2 rings (SSSR count). The summed E-state index contributed by atoms with van der Waals surface area (Å²) >= 11 is 6.69. The van der Waals surface area contributed by atoms with Gasteiger partial charge >= 0.3 is 6.36 Å². The number of carbonyl (C=O) groups excluding carboxylic acids is 1. The van der Waals surface area contributed by atoms with Crippen molar-refractivity contribution in [1.29, 1.82) is 0 Å². The maximum atomic E-state index is 12.2. The van der Waals surface area contributed by atoms with E-state index in [1.54, 1.807) is 0 Å². The molecule has 0 bridgehead atoms. The van der Waals surface area contributed by atoms with E-state index in [-0.39, 0.29) is 10.4 Å². The van der Waals surface area contributed by atoms with Crippen LogP contribution in [0.25, 0.3) is 0 Å². The van der Waals surface area contributed by atoms with Crippen LogP contribution in [-0.4, -0.2) is 12.1 Å². The Morgan fingerprint density at radius 1 is 1.16 bits per heavy atom. The summed E-state index contributed by atoms with van der Waals surface area (Å²) in [4.78, 5) is 12.3. The Morgan fingerprint density at radius 2 is 1.84 bits per heavy atom. The Kier molecular flexibility index (Phi) is 3.82. The Balaban J connectivity index is 2.37. The molecule has 0 atom stereocenters. The molecule has 0 aliphatic heterocycles. The van der Waals surface area contributed by atoms with Gasteiger partial charge in [0.15, 0.2) is 0 Å². The Morgan fingerprint density at radius 3 is 2.42 bits per heavy atom. The highest BCUT2D eigenvalue weighted by Crippen LogP contribution is 2.30. The van der Waals surface area contributed by atoms with Gasteiger partial charge in [0.1, 0.15) is 5.75 Å². The Hall–Kier alpha value is -1.53. The molecule has 0 radical (unpaired) electrons. The van der Waals surface area contributed by atoms with Gasteiger partial charge in [-0.15, -0.1) is 24.5 Å². The molecule has 0 fully saturated rings. The Labute approximate surface area is 115 Å². The van der Waals surface area contributed by atoms with Crippen LogP contribution in [0, 0.1) is 0 Å². The van der Waals surface area contributed by atoms with Crippen molar-refractivity contribution in [2.75, 3.05) is 0 Å². The molecule has 0 aliphatic carbocycles. The molecule has 2 aromatic rings. The summed E-state index contributed by atoms with van der Waals surface area (Å²) in [6.07, 6.45) is -4.84. The summed E-state index contributed by atoms with van der Waals surface area (Å²) < 4.78 is 40.9. The molecular weight excluding hydrogens is 301 g/mol. The molecule has 1 aromatic heterocycles. The summed E-state index contributed by atoms with van der Waals surface area (Å²) in [6, 6.07) is 8.16. The van der Waals surface area contributed by atoms with Crippen molar-refractivity contribution >= 4 is 28.7 Å². The summed E-state index contributed by atoms with van der Waals surface area (Å²) in [5, 5.41) is 0. The lowest BCUT2D eigenvalue weighted by atomic mass is 10.1. The fourth-order valence-corrected chi connectivity index (χ4v) is 2.43. The topological polar surface area (TPSA) is 26.3 Å². The van der Waals surface area contributed by atoms with Gasteiger partial charge in [0, 0.05) is 0 Å². The number of thiophene rings is 1. The van der Waals surface area contributed by atoms with Crippen LogP contribution in [-0.2, 0) is 0 Å². The molecule has 0 saturated carbocycles. The van der Waals surface area contributed by atoms with E-state index in [1.165, 1.54) is 30.3 Å². The maximum absolute atomic E-state index is 12.2. The van der Waals surface area contributed by atoms with E-state index < -0.39 is 17.9 Å². The molecule has 0 unspecified atom stereocenters. The summed E-state index contributed by atoms with van der Waals surface area (Å²) in [5.41, 5.74) is -0.154. The minimum Gasteiger partial charge on any atom is -0.405 e. The number of para-hydroxylation sites is 1. The highest BCUT2D eigenvalue weighted by molar-refractivity contribution is 7.18. The predicted molar refractivity (Wildman–Crippen MR) is 65.9 cm³/mol. The van der Waals surface area contributed by atoms with Crippen molar-refractivity contribution < 1.29 is 22.7 Å². The lowest BCUT2D eigenvalue weighted by Crippen LogP contribution is -2.19. The van der Waals surface area contributed by atoms with Gasteiger partial charge in [-0.2, -0.15) is 0 Å². The fourth-order valence-electron chi connectivity index (χ4n) is 1.44. The van der Waals surface area contributed by atoms with Gasteiger partial charge in [0.25, 0.3) is 0 Å². The van der Waals surface area contributed by atoms with E-state index >= 15 is 0 Å². The molecule has 1 heterocycles. The van der Waals surface area contributed by atoms with Gasteiger partial charge in [-0.3, -0.25) is 4.79 Å². The van der Waals surface area contributed by atoms with Crippen molar-refractivity contribution in [2.45, 2.75) is 6.36 Å². The number of alkyl halides is 3. The zero-order valence-corrected chi connectivity index (χ0v) is 10.8. The van der Waals surface area contributed by atoms with Crippen LogP contribution in [0.5, 0.6) is 5.75 Å². The number of ketones is 1. The van der Waals surface area contributed by atoms with Crippen LogP contribution in [0.4, 0.5) is 13.2 Å². The molecule has 7 heteroatoms. The first-order chi connectivity index (χ1) is 8.87. The van der Waals surface area contributed by atoms with Crippen molar-refractivity contribution in [3.05, 3.63) is 51.2 Å². The van der Waals surface area contributed by atoms with Gasteiger partial charge in [-0.25, -0.2) is 0 Å². The van der Waals surface area contributed by atoms with Gasteiger partial charge in [0.2, 0.25) is 5.78 Å². The summed E-state index contributed by atoms with van der Waals surface area (Å²) in [7, 11) is 0. The van der Waals surface area contributed by atoms with E-state index in [4.69, 9.17) is 11.6 Å². The third-order valence-electron chi connectivity index (χ3n) is 2.15. The normalized spacial score (nSPS) is 11.4. The zero-order chi connectivity index (χ0) is 14.0. The zero-order valence-electron chi connectivity index (χ0n) is 9.20. The molecular formula is C12H6ClF3O2S. The quantitative estimate of drug-likeness (QED) is 0.779. The number of hydrogen-bond acceptors (Lipinski definition) is 3. The van der Waals surface area contributed by atoms with E-state index in [0.29, 0.717) is 4.34 Å². The SMILES string of the molecule is O=C(c1ccc(Cl)s1)c1ccccc1OC(F)(F)F. The summed E-state index contributed by atoms with van der Waals surface area (Å²) in [6.45, 7) is 0. The van der Waals surface area contributed by atoms with Crippen LogP contribution in [0.2, 0.25) is 4.34 Å². The van der Waals surface area contributed by atoms with E-state index in [1.807, 2.05) is 0 Å². The third kappa shape index (κ3) is 3.48. The Bertz CT molecular complexity index is 607. The van der Waals surface area contributed by atoms with Crippen molar-refractivity contribution in [3.8, 4) is 5.75 Å². The van der Waals surface area contributed by atoms with Crippen molar-refractivity contribution in [3.63, 3.8) is 0 Å². The first-order valence-electron chi connectivity index (χ1n) is 5.01. The standard InChI is InChI=1S/C12H6ClF3O2S/c13-10-6-5-9(19-10)11(17)7-3-1-2-4-8(7)18-12(14,15)16/h1-6H. The average Bonchev–Trinajstić information content (AvgIpc) is 2.74. The molecule has 0 amide bonds. The van der Waals surface area contributed by atoms with Crippen LogP contribution >= 0.6 is 22.9 Å². The van der Waals surface area contributed by atoms with Crippen LogP contribution in [0.3, 0.4) is 0 Å². The second kappa shape index (κ2) is 5.22. The smallest absolute Gasteiger partial charge is 0.405 e. The van der Waals surface area contributed by atoms with Crippen LogP contribution in [0.15, 0.2) is 36.4 Å². The minimum absolute atomic E-state index is 0.154. The molecule has 0 saturated heterocycles.